The summed E-state index contributed by atoms with van der Waals surface area (Å²) in [6, 6.07) is 7.42. The molecule has 0 spiro atoms. The minimum Gasteiger partial charge on any atom is -0.478 e. The molecule has 0 saturated heterocycles. The van der Waals surface area contributed by atoms with Crippen LogP contribution in [-0.4, -0.2) is 32.1 Å². The van der Waals surface area contributed by atoms with E-state index in [2.05, 4.69) is 10.2 Å². The van der Waals surface area contributed by atoms with E-state index in [0.29, 0.717) is 13.1 Å². The van der Waals surface area contributed by atoms with E-state index < -0.39 is 5.97 Å². The number of nitrogens with one attached hydrogen (secondary N) is 1. The third kappa shape index (κ3) is 2.40. The lowest BCUT2D eigenvalue weighted by atomic mass is 10.1. The van der Waals surface area contributed by atoms with Gasteiger partial charge in [0.1, 0.15) is 5.69 Å². The zero-order valence-corrected chi connectivity index (χ0v) is 10.9. The third-order valence-electron chi connectivity index (χ3n) is 3.36. The van der Waals surface area contributed by atoms with Gasteiger partial charge in [-0.15, -0.1) is 0 Å². The minimum absolute atomic E-state index is 0.154. The molecule has 106 valence electrons. The molecule has 2 heterocycles. The first-order chi connectivity index (χ1) is 10.0. The summed E-state index contributed by atoms with van der Waals surface area (Å²) in [6.07, 6.45) is 0. The van der Waals surface area contributed by atoms with Crippen molar-refractivity contribution in [2.75, 3.05) is 0 Å². The third-order valence-corrected chi connectivity index (χ3v) is 3.36. The number of carbonyl (C=O) groups excluding carboxylic acids is 1. The van der Waals surface area contributed by atoms with E-state index in [1.54, 1.807) is 17.0 Å². The Kier molecular flexibility index (Phi) is 3.02. The molecule has 1 aromatic carbocycles. The SMILES string of the molecule is O=C(O)c1ccc2c(c1)CN(C(=O)c1ccc(=O)[nH]n1)C2. The van der Waals surface area contributed by atoms with Crippen LogP contribution in [0, 0.1) is 0 Å². The predicted octanol–water partition coefficient (Wildman–Crippen LogP) is 0.624. The lowest BCUT2D eigenvalue weighted by Crippen LogP contribution is -2.27. The van der Waals surface area contributed by atoms with Crippen LogP contribution in [0.2, 0.25) is 0 Å². The van der Waals surface area contributed by atoms with Crippen LogP contribution in [0.4, 0.5) is 0 Å². The second-order valence-electron chi connectivity index (χ2n) is 4.76. The van der Waals surface area contributed by atoms with Crippen LogP contribution in [0.3, 0.4) is 0 Å². The summed E-state index contributed by atoms with van der Waals surface area (Å²) < 4.78 is 0. The highest BCUT2D eigenvalue weighted by atomic mass is 16.4. The zero-order valence-electron chi connectivity index (χ0n) is 10.9. The summed E-state index contributed by atoms with van der Waals surface area (Å²) in [5.41, 5.74) is 1.71. The van der Waals surface area contributed by atoms with Crippen molar-refractivity contribution < 1.29 is 14.7 Å². The second-order valence-corrected chi connectivity index (χ2v) is 4.76. The van der Waals surface area contributed by atoms with Crippen LogP contribution in [0.5, 0.6) is 0 Å². The van der Waals surface area contributed by atoms with Crippen molar-refractivity contribution in [1.82, 2.24) is 15.1 Å². The Morgan fingerprint density at radius 1 is 1.14 bits per heavy atom. The fourth-order valence-corrected chi connectivity index (χ4v) is 2.30. The molecule has 1 amide bonds. The van der Waals surface area contributed by atoms with Gasteiger partial charge in [0.15, 0.2) is 0 Å². The maximum absolute atomic E-state index is 12.3. The summed E-state index contributed by atoms with van der Waals surface area (Å²) in [5, 5.41) is 14.9. The van der Waals surface area contributed by atoms with Crippen molar-refractivity contribution in [2.45, 2.75) is 13.1 Å². The van der Waals surface area contributed by atoms with Crippen molar-refractivity contribution in [3.8, 4) is 0 Å². The minimum atomic E-state index is -0.995. The van der Waals surface area contributed by atoms with E-state index >= 15 is 0 Å². The first-order valence-electron chi connectivity index (χ1n) is 6.25. The quantitative estimate of drug-likeness (QED) is 0.842. The summed E-state index contributed by atoms with van der Waals surface area (Å²) in [5.74, 6) is -1.30. The molecule has 0 fully saturated rings. The van der Waals surface area contributed by atoms with E-state index in [1.165, 1.54) is 18.2 Å². The van der Waals surface area contributed by atoms with Gasteiger partial charge in [-0.3, -0.25) is 9.59 Å². The van der Waals surface area contributed by atoms with Gasteiger partial charge in [0, 0.05) is 19.2 Å². The van der Waals surface area contributed by atoms with E-state index in [9.17, 15) is 14.4 Å². The number of carboxylic acid groups (broad SMARTS) is 1. The summed E-state index contributed by atoms with van der Waals surface area (Å²) in [4.78, 5) is 35.7. The number of hydrogen-bond acceptors (Lipinski definition) is 4. The van der Waals surface area contributed by atoms with Crippen molar-refractivity contribution in [2.24, 2.45) is 0 Å². The van der Waals surface area contributed by atoms with Gasteiger partial charge in [-0.25, -0.2) is 9.89 Å². The molecule has 2 aromatic rings. The lowest BCUT2D eigenvalue weighted by Gasteiger charge is -2.14. The Balaban J connectivity index is 1.84. The maximum atomic E-state index is 12.3. The Bertz CT molecular complexity index is 777. The smallest absolute Gasteiger partial charge is 0.335 e. The lowest BCUT2D eigenvalue weighted by molar-refractivity contribution is 0.0696. The number of carboxylic acids is 1. The number of rotatable bonds is 2. The molecule has 1 aliphatic rings. The number of aromatic carboxylic acids is 1. The number of benzene rings is 1. The molecular formula is C14H11N3O4. The van der Waals surface area contributed by atoms with Crippen molar-refractivity contribution in [1.29, 1.82) is 0 Å². The van der Waals surface area contributed by atoms with Crippen LogP contribution in [-0.2, 0) is 13.1 Å². The van der Waals surface area contributed by atoms with E-state index in [4.69, 9.17) is 5.11 Å². The number of H-pyrrole nitrogens is 1. The maximum Gasteiger partial charge on any atom is 0.335 e. The van der Waals surface area contributed by atoms with Gasteiger partial charge in [0.05, 0.1) is 5.56 Å². The van der Waals surface area contributed by atoms with Crippen LogP contribution in [0.1, 0.15) is 32.0 Å². The van der Waals surface area contributed by atoms with Crippen molar-refractivity contribution >= 4 is 11.9 Å². The first-order valence-corrected chi connectivity index (χ1v) is 6.25. The van der Waals surface area contributed by atoms with Gasteiger partial charge < -0.3 is 10.0 Å². The van der Waals surface area contributed by atoms with Crippen molar-refractivity contribution in [3.05, 3.63) is 63.1 Å². The molecular weight excluding hydrogens is 274 g/mol. The largest absolute Gasteiger partial charge is 0.478 e. The van der Waals surface area contributed by atoms with Crippen molar-refractivity contribution in [3.63, 3.8) is 0 Å². The van der Waals surface area contributed by atoms with Gasteiger partial charge in [0.2, 0.25) is 0 Å². The molecule has 1 aromatic heterocycles. The van der Waals surface area contributed by atoms with Crippen LogP contribution in [0.25, 0.3) is 0 Å². The summed E-state index contributed by atoms with van der Waals surface area (Å²) >= 11 is 0. The monoisotopic (exact) mass is 285 g/mol. The molecule has 0 aliphatic carbocycles. The van der Waals surface area contributed by atoms with Gasteiger partial charge in [-0.2, -0.15) is 5.10 Å². The molecule has 7 nitrogen and oxygen atoms in total. The highest BCUT2D eigenvalue weighted by Crippen LogP contribution is 2.25. The van der Waals surface area contributed by atoms with Gasteiger partial charge >= 0.3 is 5.97 Å². The Labute approximate surface area is 118 Å². The molecule has 0 radical (unpaired) electrons. The predicted molar refractivity (Wildman–Crippen MR) is 71.8 cm³/mol. The number of carbonyl (C=O) groups is 2. The highest BCUT2D eigenvalue weighted by Gasteiger charge is 2.25. The van der Waals surface area contributed by atoms with Gasteiger partial charge in [-0.05, 0) is 29.3 Å². The molecule has 1 aliphatic heterocycles. The normalized spacial score (nSPS) is 13.0. The Morgan fingerprint density at radius 2 is 1.90 bits per heavy atom. The second kappa shape index (κ2) is 4.86. The topological polar surface area (TPSA) is 103 Å². The molecule has 2 N–H and O–H groups in total. The highest BCUT2D eigenvalue weighted by molar-refractivity contribution is 5.92. The van der Waals surface area contributed by atoms with Gasteiger partial charge in [0.25, 0.3) is 11.5 Å². The van der Waals surface area contributed by atoms with Crippen LogP contribution >= 0.6 is 0 Å². The number of hydrogen-bond donors (Lipinski definition) is 2. The average Bonchev–Trinajstić information content (AvgIpc) is 2.90. The average molecular weight is 285 g/mol. The zero-order chi connectivity index (χ0) is 15.0. The van der Waals surface area contributed by atoms with Crippen LogP contribution < -0.4 is 5.56 Å². The fraction of sp³-hybridized carbons (Fsp3) is 0.143. The fourth-order valence-electron chi connectivity index (χ4n) is 2.30. The summed E-state index contributed by atoms with van der Waals surface area (Å²) in [6.45, 7) is 0.727. The molecule has 0 bridgehead atoms. The molecule has 3 rings (SSSR count). The molecule has 21 heavy (non-hydrogen) atoms. The van der Waals surface area contributed by atoms with E-state index in [1.807, 2.05) is 0 Å². The molecule has 0 atom stereocenters. The number of aromatic amines is 1. The molecule has 7 heteroatoms. The molecule has 0 unspecified atom stereocenters. The number of amides is 1. The molecule has 0 saturated carbocycles. The van der Waals surface area contributed by atoms with Crippen LogP contribution in [0.15, 0.2) is 35.1 Å². The van der Waals surface area contributed by atoms with Gasteiger partial charge in [-0.1, -0.05) is 6.07 Å². The number of nitrogens with zero attached hydrogens (tertiary/aromatic N) is 2. The summed E-state index contributed by atoms with van der Waals surface area (Å²) in [7, 11) is 0. The van der Waals surface area contributed by atoms with E-state index in [0.717, 1.165) is 11.1 Å². The number of aromatic nitrogens is 2. The first kappa shape index (κ1) is 13.0. The van der Waals surface area contributed by atoms with E-state index in [-0.39, 0.29) is 22.7 Å². The Morgan fingerprint density at radius 3 is 2.57 bits per heavy atom. The standard InChI is InChI=1S/C14H11N3O4/c18-12-4-3-11(15-16-12)13(19)17-6-9-2-1-8(14(20)21)5-10(9)7-17/h1-5H,6-7H2,(H,16,18)(H,20,21). The Hall–Kier alpha value is -2.96. The number of fused-ring (bicyclic) bond motifs is 1.